The number of amides is 1. The van der Waals surface area contributed by atoms with Crippen molar-refractivity contribution in [3.05, 3.63) is 41.0 Å². The van der Waals surface area contributed by atoms with E-state index in [1.807, 2.05) is 45.9 Å². The van der Waals surface area contributed by atoms with E-state index < -0.39 is 0 Å². The number of carbonyl (C=O) groups excluding carboxylic acids is 1. The van der Waals surface area contributed by atoms with Gasteiger partial charge >= 0.3 is 0 Å². The van der Waals surface area contributed by atoms with E-state index in [0.717, 1.165) is 5.56 Å². The Morgan fingerprint density at radius 3 is 2.37 bits per heavy atom. The summed E-state index contributed by atoms with van der Waals surface area (Å²) in [4.78, 5) is 11.7. The molecule has 2 atom stereocenters. The summed E-state index contributed by atoms with van der Waals surface area (Å²) in [6, 6.07) is 6.14. The largest absolute Gasteiger partial charge is 0.396 e. The van der Waals surface area contributed by atoms with Crippen molar-refractivity contribution in [2.45, 2.75) is 33.7 Å². The molecule has 0 aromatic heterocycles. The van der Waals surface area contributed by atoms with Crippen LogP contribution in [0.25, 0.3) is 6.08 Å². The maximum atomic E-state index is 11.7. The lowest BCUT2D eigenvalue weighted by atomic mass is 10.0. The highest BCUT2D eigenvalue weighted by molar-refractivity contribution is 5.91. The Labute approximate surface area is 115 Å². The van der Waals surface area contributed by atoms with Crippen molar-refractivity contribution < 1.29 is 9.90 Å². The van der Waals surface area contributed by atoms with E-state index in [2.05, 4.69) is 11.4 Å². The number of aryl methyl sites for hydroxylation is 2. The highest BCUT2D eigenvalue weighted by Gasteiger charge is 2.11. The van der Waals surface area contributed by atoms with Crippen molar-refractivity contribution in [3.63, 3.8) is 0 Å². The number of aliphatic hydroxyl groups excluding tert-OH is 1. The van der Waals surface area contributed by atoms with Gasteiger partial charge in [0.2, 0.25) is 5.91 Å². The fraction of sp³-hybridized carbons (Fsp3) is 0.438. The third-order valence-corrected chi connectivity index (χ3v) is 3.18. The van der Waals surface area contributed by atoms with Gasteiger partial charge < -0.3 is 10.4 Å². The second kappa shape index (κ2) is 7.10. The highest BCUT2D eigenvalue weighted by Crippen LogP contribution is 2.10. The second-order valence-electron chi connectivity index (χ2n) is 5.21. The molecule has 104 valence electrons. The molecule has 0 fully saturated rings. The summed E-state index contributed by atoms with van der Waals surface area (Å²) in [5, 5.41) is 11.9. The van der Waals surface area contributed by atoms with Gasteiger partial charge in [0.05, 0.1) is 0 Å². The van der Waals surface area contributed by atoms with Crippen molar-refractivity contribution in [1.29, 1.82) is 0 Å². The molecule has 1 aromatic carbocycles. The van der Waals surface area contributed by atoms with E-state index >= 15 is 0 Å². The molecule has 3 nitrogen and oxygen atoms in total. The summed E-state index contributed by atoms with van der Waals surface area (Å²) in [6.07, 6.45) is 3.35. The summed E-state index contributed by atoms with van der Waals surface area (Å²) < 4.78 is 0. The molecule has 2 unspecified atom stereocenters. The Morgan fingerprint density at radius 1 is 1.26 bits per heavy atom. The van der Waals surface area contributed by atoms with Crippen LogP contribution in [0.3, 0.4) is 0 Å². The molecule has 3 heteroatoms. The standard InChI is InChI=1S/C16H23NO2/c1-11-7-12(2)9-15(8-11)5-6-16(19)17-14(4)13(3)10-18/h5-9,13-14,18H,10H2,1-4H3,(H,17,19)/b6-5+. The molecular weight excluding hydrogens is 238 g/mol. The molecule has 0 aliphatic rings. The minimum absolute atomic E-state index is 0.0404. The van der Waals surface area contributed by atoms with Crippen molar-refractivity contribution in [2.75, 3.05) is 6.61 Å². The molecule has 0 aliphatic carbocycles. The number of nitrogens with one attached hydrogen (secondary N) is 1. The molecule has 0 saturated heterocycles. The molecule has 0 heterocycles. The average molecular weight is 261 g/mol. The van der Waals surface area contributed by atoms with Crippen molar-refractivity contribution >= 4 is 12.0 Å². The summed E-state index contributed by atoms with van der Waals surface area (Å²) in [6.45, 7) is 7.94. The number of rotatable bonds is 5. The molecule has 2 N–H and O–H groups in total. The lowest BCUT2D eigenvalue weighted by Gasteiger charge is -2.18. The zero-order valence-corrected chi connectivity index (χ0v) is 12.1. The van der Waals surface area contributed by atoms with Gasteiger partial charge in [-0.25, -0.2) is 0 Å². The molecule has 0 aliphatic heterocycles. The number of aliphatic hydroxyl groups is 1. The minimum Gasteiger partial charge on any atom is -0.396 e. The Morgan fingerprint density at radius 2 is 1.84 bits per heavy atom. The van der Waals surface area contributed by atoms with E-state index in [9.17, 15) is 4.79 Å². The third kappa shape index (κ3) is 5.26. The fourth-order valence-corrected chi connectivity index (χ4v) is 1.85. The first kappa shape index (κ1) is 15.4. The molecule has 1 aromatic rings. The zero-order chi connectivity index (χ0) is 14.4. The van der Waals surface area contributed by atoms with Gasteiger partial charge in [-0.15, -0.1) is 0 Å². The Balaban J connectivity index is 2.63. The van der Waals surface area contributed by atoms with Crippen LogP contribution in [-0.4, -0.2) is 23.7 Å². The maximum absolute atomic E-state index is 11.7. The van der Waals surface area contributed by atoms with Crippen LogP contribution in [0.4, 0.5) is 0 Å². The third-order valence-electron chi connectivity index (χ3n) is 3.18. The normalized spacial score (nSPS) is 14.4. The Bertz CT molecular complexity index is 446. The van der Waals surface area contributed by atoms with Gasteiger partial charge in [-0.05, 0) is 38.3 Å². The van der Waals surface area contributed by atoms with Crippen molar-refractivity contribution in [2.24, 2.45) is 5.92 Å². The molecule has 1 rings (SSSR count). The highest BCUT2D eigenvalue weighted by atomic mass is 16.3. The van der Waals surface area contributed by atoms with E-state index in [4.69, 9.17) is 5.11 Å². The number of carbonyl (C=O) groups is 1. The van der Waals surface area contributed by atoms with E-state index in [1.54, 1.807) is 0 Å². The van der Waals surface area contributed by atoms with Crippen LogP contribution in [0, 0.1) is 19.8 Å². The van der Waals surface area contributed by atoms with Crippen LogP contribution in [0.1, 0.15) is 30.5 Å². The van der Waals surface area contributed by atoms with E-state index in [1.165, 1.54) is 17.2 Å². The van der Waals surface area contributed by atoms with Gasteiger partial charge in [-0.3, -0.25) is 4.79 Å². The monoisotopic (exact) mass is 261 g/mol. The smallest absolute Gasteiger partial charge is 0.244 e. The lowest BCUT2D eigenvalue weighted by Crippen LogP contribution is -2.37. The second-order valence-corrected chi connectivity index (χ2v) is 5.21. The Kier molecular flexibility index (Phi) is 5.77. The molecule has 0 spiro atoms. The molecule has 0 saturated carbocycles. The molecule has 0 bridgehead atoms. The van der Waals surface area contributed by atoms with E-state index in [-0.39, 0.29) is 24.5 Å². The predicted octanol–water partition coefficient (Wildman–Crippen LogP) is 2.45. The van der Waals surface area contributed by atoms with Gasteiger partial charge in [0, 0.05) is 18.7 Å². The Hall–Kier alpha value is -1.61. The van der Waals surface area contributed by atoms with E-state index in [0.29, 0.717) is 0 Å². The number of hydrogen-bond acceptors (Lipinski definition) is 2. The molecule has 1 amide bonds. The first-order valence-electron chi connectivity index (χ1n) is 6.60. The van der Waals surface area contributed by atoms with Crippen LogP contribution in [0.2, 0.25) is 0 Å². The summed E-state index contributed by atoms with van der Waals surface area (Å²) >= 11 is 0. The fourth-order valence-electron chi connectivity index (χ4n) is 1.85. The van der Waals surface area contributed by atoms with Gasteiger partial charge in [-0.1, -0.05) is 36.2 Å². The van der Waals surface area contributed by atoms with Crippen LogP contribution < -0.4 is 5.32 Å². The SMILES string of the molecule is Cc1cc(C)cc(/C=C/C(=O)NC(C)C(C)CO)c1. The molecule has 0 radical (unpaired) electrons. The lowest BCUT2D eigenvalue weighted by molar-refractivity contribution is -0.117. The summed E-state index contributed by atoms with van der Waals surface area (Å²) in [7, 11) is 0. The molecule has 19 heavy (non-hydrogen) atoms. The van der Waals surface area contributed by atoms with Gasteiger partial charge in [-0.2, -0.15) is 0 Å². The van der Waals surface area contributed by atoms with Gasteiger partial charge in [0.1, 0.15) is 0 Å². The number of benzene rings is 1. The predicted molar refractivity (Wildman–Crippen MR) is 78.8 cm³/mol. The summed E-state index contributed by atoms with van der Waals surface area (Å²) in [5.41, 5.74) is 3.39. The van der Waals surface area contributed by atoms with Crippen LogP contribution >= 0.6 is 0 Å². The molecular formula is C16H23NO2. The minimum atomic E-state index is -0.132. The summed E-state index contributed by atoms with van der Waals surface area (Å²) in [5.74, 6) is -0.0782. The van der Waals surface area contributed by atoms with Crippen molar-refractivity contribution in [3.8, 4) is 0 Å². The quantitative estimate of drug-likeness (QED) is 0.800. The topological polar surface area (TPSA) is 49.3 Å². The first-order valence-corrected chi connectivity index (χ1v) is 6.60. The van der Waals surface area contributed by atoms with Gasteiger partial charge in [0.15, 0.2) is 0 Å². The van der Waals surface area contributed by atoms with Crippen LogP contribution in [0.15, 0.2) is 24.3 Å². The number of hydrogen-bond donors (Lipinski definition) is 2. The van der Waals surface area contributed by atoms with Crippen LogP contribution in [-0.2, 0) is 4.79 Å². The zero-order valence-electron chi connectivity index (χ0n) is 12.1. The van der Waals surface area contributed by atoms with Crippen LogP contribution in [0.5, 0.6) is 0 Å². The average Bonchev–Trinajstić information content (AvgIpc) is 2.34. The maximum Gasteiger partial charge on any atom is 0.244 e. The first-order chi connectivity index (χ1) is 8.92. The van der Waals surface area contributed by atoms with Gasteiger partial charge in [0.25, 0.3) is 0 Å². The van der Waals surface area contributed by atoms with Crippen molar-refractivity contribution in [1.82, 2.24) is 5.32 Å².